The van der Waals surface area contributed by atoms with Crippen molar-refractivity contribution in [2.45, 2.75) is 37.5 Å². The lowest BCUT2D eigenvalue weighted by Gasteiger charge is -2.35. The lowest BCUT2D eigenvalue weighted by molar-refractivity contribution is 0.408. The summed E-state index contributed by atoms with van der Waals surface area (Å²) in [7, 11) is 0. The highest BCUT2D eigenvalue weighted by atomic mass is 32.2. The van der Waals surface area contributed by atoms with Gasteiger partial charge in [-0.15, -0.1) is 0 Å². The molecule has 1 aliphatic rings. The van der Waals surface area contributed by atoms with Gasteiger partial charge in [-0.3, -0.25) is 0 Å². The van der Waals surface area contributed by atoms with Crippen LogP contribution in [0, 0.1) is 0 Å². The molecule has 0 saturated carbocycles. The van der Waals surface area contributed by atoms with Gasteiger partial charge in [-0.05, 0) is 36.1 Å². The maximum Gasteiger partial charge on any atom is 0.0482 e. The number of thioether (sulfide) groups is 1. The van der Waals surface area contributed by atoms with Crippen molar-refractivity contribution in [2.75, 3.05) is 5.75 Å². The second-order valence-electron chi connectivity index (χ2n) is 5.54. The number of aromatic nitrogens is 1. The lowest BCUT2D eigenvalue weighted by Crippen LogP contribution is -2.27. The summed E-state index contributed by atoms with van der Waals surface area (Å²) in [5.74, 6) is 1.28. The summed E-state index contributed by atoms with van der Waals surface area (Å²) in [6, 6.07) is 11.6. The molecule has 1 fully saturated rings. The van der Waals surface area contributed by atoms with Gasteiger partial charge >= 0.3 is 0 Å². The molecule has 0 N–H and O–H groups in total. The van der Waals surface area contributed by atoms with Crippen LogP contribution in [0.4, 0.5) is 0 Å². The molecule has 2 heterocycles. The molecule has 17 heavy (non-hydrogen) atoms. The highest BCUT2D eigenvalue weighted by Crippen LogP contribution is 2.41. The summed E-state index contributed by atoms with van der Waals surface area (Å²) in [6.45, 7) is 4.74. The molecule has 0 spiro atoms. The number of benzene rings is 1. The Balaban J connectivity index is 1.98. The maximum absolute atomic E-state index is 2.48. The smallest absolute Gasteiger partial charge is 0.0482 e. The van der Waals surface area contributed by atoms with Crippen molar-refractivity contribution in [3.8, 4) is 0 Å². The minimum atomic E-state index is 0.425. The Kier molecular flexibility index (Phi) is 2.70. The number of nitrogens with zero attached hydrogens (tertiary/aromatic N) is 1. The zero-order valence-electron chi connectivity index (χ0n) is 10.5. The van der Waals surface area contributed by atoms with E-state index in [9.17, 15) is 0 Å². The van der Waals surface area contributed by atoms with E-state index >= 15 is 0 Å². The Morgan fingerprint density at radius 1 is 1.24 bits per heavy atom. The Bertz CT molecular complexity index is 526. The number of hydrogen-bond donors (Lipinski definition) is 0. The van der Waals surface area contributed by atoms with Gasteiger partial charge in [0.1, 0.15) is 0 Å². The molecule has 1 aromatic carbocycles. The van der Waals surface area contributed by atoms with Gasteiger partial charge in [0.05, 0.1) is 0 Å². The third-order valence-corrected chi connectivity index (χ3v) is 5.08. The summed E-state index contributed by atoms with van der Waals surface area (Å²) >= 11 is 2.11. The summed E-state index contributed by atoms with van der Waals surface area (Å²) in [5.41, 5.74) is 1.39. The predicted molar refractivity (Wildman–Crippen MR) is 76.7 cm³/mol. The van der Waals surface area contributed by atoms with E-state index in [-0.39, 0.29) is 0 Å². The molecule has 0 amide bonds. The first-order valence-electron chi connectivity index (χ1n) is 6.35. The molecule has 1 atom stereocenters. The quantitative estimate of drug-likeness (QED) is 0.716. The average Bonchev–Trinajstić information content (AvgIpc) is 2.71. The zero-order chi connectivity index (χ0) is 11.9. The molecule has 1 saturated heterocycles. The van der Waals surface area contributed by atoms with Crippen molar-refractivity contribution in [1.82, 2.24) is 4.57 Å². The van der Waals surface area contributed by atoms with E-state index in [1.54, 1.807) is 0 Å². The van der Waals surface area contributed by atoms with Crippen molar-refractivity contribution in [3.63, 3.8) is 0 Å². The fourth-order valence-electron chi connectivity index (χ4n) is 2.86. The third-order valence-electron chi connectivity index (χ3n) is 3.69. The van der Waals surface area contributed by atoms with Crippen LogP contribution in [0.25, 0.3) is 10.9 Å². The summed E-state index contributed by atoms with van der Waals surface area (Å²) in [4.78, 5) is 0. The fourth-order valence-corrected chi connectivity index (χ4v) is 4.11. The van der Waals surface area contributed by atoms with Crippen LogP contribution in [-0.2, 0) is 0 Å². The van der Waals surface area contributed by atoms with Crippen LogP contribution >= 0.6 is 11.8 Å². The molecular weight excluding hydrogens is 226 g/mol. The molecular formula is C15H19NS. The molecule has 3 rings (SSSR count). The monoisotopic (exact) mass is 245 g/mol. The van der Waals surface area contributed by atoms with Crippen LogP contribution in [0.1, 0.15) is 32.7 Å². The van der Waals surface area contributed by atoms with Gasteiger partial charge in [0.15, 0.2) is 0 Å². The minimum absolute atomic E-state index is 0.425. The van der Waals surface area contributed by atoms with E-state index in [0.29, 0.717) is 10.8 Å². The van der Waals surface area contributed by atoms with E-state index in [4.69, 9.17) is 0 Å². The third kappa shape index (κ3) is 2.11. The number of rotatable bonds is 1. The van der Waals surface area contributed by atoms with E-state index in [2.05, 4.69) is 66.7 Å². The molecule has 1 nitrogen and oxygen atoms in total. The first kappa shape index (κ1) is 11.2. The van der Waals surface area contributed by atoms with Gasteiger partial charge in [-0.2, -0.15) is 11.8 Å². The summed E-state index contributed by atoms with van der Waals surface area (Å²) < 4.78 is 2.91. The molecule has 2 heteroatoms. The van der Waals surface area contributed by atoms with Gasteiger partial charge in [0, 0.05) is 22.5 Å². The van der Waals surface area contributed by atoms with Crippen molar-refractivity contribution < 1.29 is 0 Å². The van der Waals surface area contributed by atoms with Crippen molar-refractivity contribution in [2.24, 2.45) is 0 Å². The molecule has 1 unspecified atom stereocenters. The van der Waals surface area contributed by atoms with Crippen LogP contribution in [0.3, 0.4) is 0 Å². The number of fused-ring (bicyclic) bond motifs is 1. The molecule has 1 aliphatic heterocycles. The Hall–Kier alpha value is -0.890. The molecule has 0 radical (unpaired) electrons. The van der Waals surface area contributed by atoms with Crippen LogP contribution in [0.15, 0.2) is 36.5 Å². The molecule has 0 aliphatic carbocycles. The van der Waals surface area contributed by atoms with E-state index in [0.717, 1.165) is 0 Å². The molecule has 90 valence electrons. The lowest BCUT2D eigenvalue weighted by atomic mass is 9.99. The standard InChI is InChI=1S/C15H19NS/c1-15(2)11-13(8-10-17-15)16-9-7-12-5-3-4-6-14(12)16/h3-7,9,13H,8,10-11H2,1-2H3. The van der Waals surface area contributed by atoms with Gasteiger partial charge in [-0.25, -0.2) is 0 Å². The van der Waals surface area contributed by atoms with Gasteiger partial charge in [-0.1, -0.05) is 32.0 Å². The van der Waals surface area contributed by atoms with Crippen LogP contribution in [-0.4, -0.2) is 15.1 Å². The van der Waals surface area contributed by atoms with Crippen molar-refractivity contribution >= 4 is 22.7 Å². The van der Waals surface area contributed by atoms with E-state index < -0.39 is 0 Å². The van der Waals surface area contributed by atoms with E-state index in [1.807, 2.05) is 0 Å². The minimum Gasteiger partial charge on any atom is -0.344 e. The van der Waals surface area contributed by atoms with Gasteiger partial charge < -0.3 is 4.57 Å². The van der Waals surface area contributed by atoms with Crippen molar-refractivity contribution in [3.05, 3.63) is 36.5 Å². The topological polar surface area (TPSA) is 4.93 Å². The first-order chi connectivity index (χ1) is 8.16. The Morgan fingerprint density at radius 3 is 2.88 bits per heavy atom. The number of para-hydroxylation sites is 1. The van der Waals surface area contributed by atoms with Crippen LogP contribution in [0.2, 0.25) is 0 Å². The molecule has 1 aromatic heterocycles. The maximum atomic E-state index is 2.48. The second kappa shape index (κ2) is 4.09. The van der Waals surface area contributed by atoms with Crippen LogP contribution < -0.4 is 0 Å². The number of hydrogen-bond acceptors (Lipinski definition) is 1. The molecule has 2 aromatic rings. The predicted octanol–water partition coefficient (Wildman–Crippen LogP) is 4.49. The SMILES string of the molecule is CC1(C)CC(n2ccc3ccccc32)CCS1. The molecule has 0 bridgehead atoms. The highest BCUT2D eigenvalue weighted by molar-refractivity contribution is 8.00. The Morgan fingerprint density at radius 2 is 2.06 bits per heavy atom. The first-order valence-corrected chi connectivity index (χ1v) is 7.34. The van der Waals surface area contributed by atoms with Gasteiger partial charge in [0.2, 0.25) is 0 Å². The zero-order valence-corrected chi connectivity index (χ0v) is 11.3. The fraction of sp³-hybridized carbons (Fsp3) is 0.467. The summed E-state index contributed by atoms with van der Waals surface area (Å²) in [6.07, 6.45) is 4.84. The Labute approximate surface area is 107 Å². The largest absolute Gasteiger partial charge is 0.344 e. The van der Waals surface area contributed by atoms with Gasteiger partial charge in [0.25, 0.3) is 0 Å². The normalized spacial score (nSPS) is 24.0. The van der Waals surface area contributed by atoms with E-state index in [1.165, 1.54) is 29.5 Å². The van der Waals surface area contributed by atoms with Crippen molar-refractivity contribution in [1.29, 1.82) is 0 Å². The average molecular weight is 245 g/mol. The second-order valence-corrected chi connectivity index (χ2v) is 7.34. The highest BCUT2D eigenvalue weighted by Gasteiger charge is 2.29. The summed E-state index contributed by atoms with van der Waals surface area (Å²) in [5, 5.41) is 1.36. The van der Waals surface area contributed by atoms with Crippen LogP contribution in [0.5, 0.6) is 0 Å².